The molecule has 2 nitrogen and oxygen atoms in total. The molecule has 0 fully saturated rings. The van der Waals surface area contributed by atoms with Crippen molar-refractivity contribution in [3.8, 4) is 0 Å². The zero-order chi connectivity index (χ0) is 12.1. The Labute approximate surface area is 92.2 Å². The summed E-state index contributed by atoms with van der Waals surface area (Å²) in [6, 6.07) is 5.11. The second kappa shape index (κ2) is 5.86. The minimum absolute atomic E-state index is 0.441. The average Bonchev–Trinajstić information content (AvgIpc) is 2.17. The van der Waals surface area contributed by atoms with Crippen molar-refractivity contribution in [2.75, 3.05) is 6.61 Å². The summed E-state index contributed by atoms with van der Waals surface area (Å²) in [6.45, 7) is 0.920. The van der Waals surface area contributed by atoms with Gasteiger partial charge in [0.2, 0.25) is 0 Å². The van der Waals surface area contributed by atoms with Gasteiger partial charge >= 0.3 is 0 Å². The molecule has 0 heterocycles. The Bertz CT molecular complexity index is 331. The summed E-state index contributed by atoms with van der Waals surface area (Å²) in [6.07, 6.45) is -3.28. The van der Waals surface area contributed by atoms with Crippen molar-refractivity contribution in [1.29, 1.82) is 0 Å². The Kier molecular flexibility index (Phi) is 4.76. The zero-order valence-corrected chi connectivity index (χ0v) is 8.87. The minimum Gasteiger partial charge on any atom is -0.366 e. The summed E-state index contributed by atoms with van der Waals surface area (Å²) in [5.74, 6) is -0.441. The Morgan fingerprint density at radius 3 is 2.56 bits per heavy atom. The SMILES string of the molecule is CC(N)C(OCC(F)F)c1cccc(F)c1. The van der Waals surface area contributed by atoms with Crippen LogP contribution < -0.4 is 5.73 Å². The van der Waals surface area contributed by atoms with Crippen molar-refractivity contribution in [1.82, 2.24) is 0 Å². The van der Waals surface area contributed by atoms with Crippen LogP contribution in [0, 0.1) is 5.82 Å². The first kappa shape index (κ1) is 13.0. The molecule has 0 aromatic heterocycles. The molecule has 16 heavy (non-hydrogen) atoms. The highest BCUT2D eigenvalue weighted by Gasteiger charge is 2.19. The number of rotatable bonds is 5. The van der Waals surface area contributed by atoms with Crippen LogP contribution in [0.25, 0.3) is 0 Å². The number of hydrogen-bond acceptors (Lipinski definition) is 2. The highest BCUT2D eigenvalue weighted by atomic mass is 19.3. The molecule has 5 heteroatoms. The maximum absolute atomic E-state index is 12.9. The van der Waals surface area contributed by atoms with E-state index in [4.69, 9.17) is 10.5 Å². The molecule has 0 amide bonds. The van der Waals surface area contributed by atoms with E-state index in [1.807, 2.05) is 0 Å². The average molecular weight is 233 g/mol. The molecule has 0 saturated carbocycles. The molecule has 1 aromatic rings. The van der Waals surface area contributed by atoms with Crippen molar-refractivity contribution >= 4 is 0 Å². The fourth-order valence-corrected chi connectivity index (χ4v) is 1.41. The Morgan fingerprint density at radius 2 is 2.06 bits per heavy atom. The van der Waals surface area contributed by atoms with E-state index in [1.54, 1.807) is 13.0 Å². The summed E-state index contributed by atoms with van der Waals surface area (Å²) in [4.78, 5) is 0. The lowest BCUT2D eigenvalue weighted by Gasteiger charge is -2.21. The van der Waals surface area contributed by atoms with Gasteiger partial charge in [-0.05, 0) is 24.6 Å². The van der Waals surface area contributed by atoms with Crippen LogP contribution in [0.3, 0.4) is 0 Å². The number of nitrogens with two attached hydrogens (primary N) is 1. The highest BCUT2D eigenvalue weighted by Crippen LogP contribution is 2.21. The minimum atomic E-state index is -2.56. The number of ether oxygens (including phenoxy) is 1. The molecular weight excluding hydrogens is 219 g/mol. The van der Waals surface area contributed by atoms with E-state index < -0.39 is 31.0 Å². The number of alkyl halides is 2. The quantitative estimate of drug-likeness (QED) is 0.848. The Morgan fingerprint density at radius 1 is 1.38 bits per heavy atom. The van der Waals surface area contributed by atoms with Crippen LogP contribution in [0.2, 0.25) is 0 Å². The fraction of sp³-hybridized carbons (Fsp3) is 0.455. The second-order valence-corrected chi connectivity index (χ2v) is 3.56. The van der Waals surface area contributed by atoms with Crippen LogP contribution in [-0.4, -0.2) is 19.1 Å². The van der Waals surface area contributed by atoms with E-state index in [2.05, 4.69) is 0 Å². The van der Waals surface area contributed by atoms with Crippen LogP contribution >= 0.6 is 0 Å². The largest absolute Gasteiger partial charge is 0.366 e. The van der Waals surface area contributed by atoms with E-state index in [9.17, 15) is 13.2 Å². The molecule has 1 aromatic carbocycles. The van der Waals surface area contributed by atoms with E-state index in [0.717, 1.165) is 0 Å². The van der Waals surface area contributed by atoms with Crippen LogP contribution in [0.5, 0.6) is 0 Å². The van der Waals surface area contributed by atoms with Crippen molar-refractivity contribution in [3.05, 3.63) is 35.6 Å². The third-order valence-electron chi connectivity index (χ3n) is 2.06. The van der Waals surface area contributed by atoms with Gasteiger partial charge in [0, 0.05) is 6.04 Å². The van der Waals surface area contributed by atoms with Crippen molar-refractivity contribution in [2.45, 2.75) is 25.5 Å². The van der Waals surface area contributed by atoms with E-state index >= 15 is 0 Å². The predicted molar refractivity (Wildman–Crippen MR) is 54.7 cm³/mol. The number of hydrogen-bond donors (Lipinski definition) is 1. The van der Waals surface area contributed by atoms with Gasteiger partial charge in [0.05, 0.1) is 6.10 Å². The molecule has 0 spiro atoms. The first-order valence-electron chi connectivity index (χ1n) is 4.91. The molecule has 90 valence electrons. The van der Waals surface area contributed by atoms with E-state index in [1.165, 1.54) is 18.2 Å². The molecule has 0 bridgehead atoms. The summed E-state index contributed by atoms with van der Waals surface area (Å²) >= 11 is 0. The second-order valence-electron chi connectivity index (χ2n) is 3.56. The van der Waals surface area contributed by atoms with Gasteiger partial charge in [-0.15, -0.1) is 0 Å². The Balaban J connectivity index is 2.77. The normalized spacial score (nSPS) is 15.1. The van der Waals surface area contributed by atoms with Crippen molar-refractivity contribution in [3.63, 3.8) is 0 Å². The monoisotopic (exact) mass is 233 g/mol. The molecular formula is C11H14F3NO. The molecule has 0 radical (unpaired) electrons. The molecule has 2 unspecified atom stereocenters. The lowest BCUT2D eigenvalue weighted by Crippen LogP contribution is -2.28. The lowest BCUT2D eigenvalue weighted by atomic mass is 10.0. The van der Waals surface area contributed by atoms with Gasteiger partial charge in [-0.1, -0.05) is 12.1 Å². The topological polar surface area (TPSA) is 35.2 Å². The fourth-order valence-electron chi connectivity index (χ4n) is 1.41. The van der Waals surface area contributed by atoms with Crippen LogP contribution in [0.4, 0.5) is 13.2 Å². The first-order chi connectivity index (χ1) is 7.50. The third-order valence-corrected chi connectivity index (χ3v) is 2.06. The van der Waals surface area contributed by atoms with E-state index in [0.29, 0.717) is 5.56 Å². The van der Waals surface area contributed by atoms with Gasteiger partial charge < -0.3 is 10.5 Å². The molecule has 0 aliphatic heterocycles. The third kappa shape index (κ3) is 3.83. The first-order valence-corrected chi connectivity index (χ1v) is 4.91. The van der Waals surface area contributed by atoms with Gasteiger partial charge in [0.15, 0.2) is 0 Å². The molecule has 0 aliphatic carbocycles. The van der Waals surface area contributed by atoms with Gasteiger partial charge in [-0.25, -0.2) is 13.2 Å². The van der Waals surface area contributed by atoms with Crippen LogP contribution in [-0.2, 0) is 4.74 Å². The summed E-state index contributed by atoms with van der Waals surface area (Å²) < 4.78 is 41.9. The standard InChI is InChI=1S/C11H14F3NO/c1-7(15)11(16-6-10(13)14)8-3-2-4-9(12)5-8/h2-5,7,10-11H,6,15H2,1H3. The van der Waals surface area contributed by atoms with Crippen molar-refractivity contribution in [2.24, 2.45) is 5.73 Å². The van der Waals surface area contributed by atoms with Crippen LogP contribution in [0.15, 0.2) is 24.3 Å². The maximum atomic E-state index is 12.9. The summed E-state index contributed by atoms with van der Waals surface area (Å²) in [5, 5.41) is 0. The van der Waals surface area contributed by atoms with E-state index in [-0.39, 0.29) is 0 Å². The molecule has 1 rings (SSSR count). The van der Waals surface area contributed by atoms with Gasteiger partial charge in [-0.2, -0.15) is 0 Å². The molecule has 0 aliphatic rings. The van der Waals surface area contributed by atoms with Gasteiger partial charge in [-0.3, -0.25) is 0 Å². The molecule has 2 atom stereocenters. The maximum Gasteiger partial charge on any atom is 0.261 e. The lowest BCUT2D eigenvalue weighted by molar-refractivity contribution is -0.0326. The zero-order valence-electron chi connectivity index (χ0n) is 8.87. The predicted octanol–water partition coefficient (Wildman–Crippen LogP) is 2.50. The summed E-state index contributed by atoms with van der Waals surface area (Å²) in [5.41, 5.74) is 6.08. The highest BCUT2D eigenvalue weighted by molar-refractivity contribution is 5.20. The van der Waals surface area contributed by atoms with Gasteiger partial charge in [0.25, 0.3) is 6.43 Å². The summed E-state index contributed by atoms with van der Waals surface area (Å²) in [7, 11) is 0. The number of benzene rings is 1. The number of halogens is 3. The van der Waals surface area contributed by atoms with Gasteiger partial charge in [0.1, 0.15) is 12.4 Å². The molecule has 2 N–H and O–H groups in total. The van der Waals surface area contributed by atoms with Crippen LogP contribution in [0.1, 0.15) is 18.6 Å². The van der Waals surface area contributed by atoms with Crippen molar-refractivity contribution < 1.29 is 17.9 Å². The molecule has 0 saturated heterocycles. The Hall–Kier alpha value is -1.07. The smallest absolute Gasteiger partial charge is 0.261 e.